The summed E-state index contributed by atoms with van der Waals surface area (Å²) in [4.78, 5) is 4.16. The maximum Gasteiger partial charge on any atom is 0.137 e. The van der Waals surface area contributed by atoms with E-state index in [0.29, 0.717) is 5.92 Å². The van der Waals surface area contributed by atoms with E-state index in [4.69, 9.17) is 4.74 Å². The van der Waals surface area contributed by atoms with Crippen LogP contribution in [-0.4, -0.2) is 41.5 Å². The minimum atomic E-state index is 0. The summed E-state index contributed by atoms with van der Waals surface area (Å²) in [6.45, 7) is 1.68. The van der Waals surface area contributed by atoms with Crippen LogP contribution in [-0.2, 0) is 4.74 Å². The lowest BCUT2D eigenvalue weighted by molar-refractivity contribution is 0.103. The first-order chi connectivity index (χ1) is 6.42. The van der Waals surface area contributed by atoms with Gasteiger partial charge in [-0.3, -0.25) is 5.10 Å². The predicted octanol–water partition coefficient (Wildman–Crippen LogP) is 0.740. The van der Waals surface area contributed by atoms with Crippen LogP contribution in [0.3, 0.4) is 0 Å². The van der Waals surface area contributed by atoms with Crippen molar-refractivity contribution in [3.63, 3.8) is 0 Å². The van der Waals surface area contributed by atoms with Gasteiger partial charge < -0.3 is 10.1 Å². The maximum atomic E-state index is 5.58. The fraction of sp³-hybridized carbons (Fsp3) is 0.750. The van der Waals surface area contributed by atoms with Gasteiger partial charge in [-0.25, -0.2) is 4.98 Å². The molecule has 2 heterocycles. The largest absolute Gasteiger partial charge is 0.376 e. The molecule has 0 aromatic carbocycles. The summed E-state index contributed by atoms with van der Waals surface area (Å²) in [7, 11) is 1.93. The van der Waals surface area contributed by atoms with Gasteiger partial charge in [-0.05, 0) is 13.5 Å². The van der Waals surface area contributed by atoms with Crippen molar-refractivity contribution in [2.45, 2.75) is 18.4 Å². The Kier molecular flexibility index (Phi) is 6.84. The van der Waals surface area contributed by atoms with E-state index in [-0.39, 0.29) is 30.9 Å². The topological polar surface area (TPSA) is 62.8 Å². The highest BCUT2D eigenvalue weighted by atomic mass is 35.5. The molecule has 7 heteroatoms. The second kappa shape index (κ2) is 7.00. The normalized spacial score (nSPS) is 24.3. The minimum Gasteiger partial charge on any atom is -0.376 e. The molecule has 0 spiro atoms. The number of hydrogen-bond donors (Lipinski definition) is 2. The predicted molar refractivity (Wildman–Crippen MR) is 61.9 cm³/mol. The zero-order chi connectivity index (χ0) is 9.10. The van der Waals surface area contributed by atoms with Gasteiger partial charge in [-0.15, -0.1) is 24.8 Å². The first kappa shape index (κ1) is 14.6. The molecule has 1 aromatic heterocycles. The number of H-pyrrole nitrogens is 1. The lowest BCUT2D eigenvalue weighted by Gasteiger charge is -2.15. The lowest BCUT2D eigenvalue weighted by atomic mass is 10.0. The average molecular weight is 255 g/mol. The fourth-order valence-corrected chi connectivity index (χ4v) is 1.76. The van der Waals surface area contributed by atoms with E-state index in [1.165, 1.54) is 0 Å². The van der Waals surface area contributed by atoms with Gasteiger partial charge in [0.05, 0.1) is 6.10 Å². The van der Waals surface area contributed by atoms with E-state index in [1.807, 2.05) is 7.05 Å². The number of nitrogens with one attached hydrogen (secondary N) is 2. The van der Waals surface area contributed by atoms with Crippen molar-refractivity contribution in [2.75, 3.05) is 20.2 Å². The van der Waals surface area contributed by atoms with Crippen LogP contribution in [0.2, 0.25) is 0 Å². The van der Waals surface area contributed by atoms with Crippen molar-refractivity contribution in [3.05, 3.63) is 12.2 Å². The van der Waals surface area contributed by atoms with Crippen LogP contribution in [0.15, 0.2) is 6.33 Å². The Hall–Kier alpha value is -0.360. The molecule has 2 atom stereocenters. The number of hydrogen-bond acceptors (Lipinski definition) is 4. The summed E-state index contributed by atoms with van der Waals surface area (Å²) < 4.78 is 5.58. The summed E-state index contributed by atoms with van der Waals surface area (Å²) in [5, 5.41) is 9.86. The Labute approximate surface area is 101 Å². The molecular weight excluding hydrogens is 239 g/mol. The summed E-state index contributed by atoms with van der Waals surface area (Å²) in [6, 6.07) is 0. The molecule has 1 aliphatic rings. The Morgan fingerprint density at radius 3 is 3.00 bits per heavy atom. The lowest BCUT2D eigenvalue weighted by Crippen LogP contribution is -2.28. The summed E-state index contributed by atoms with van der Waals surface area (Å²) >= 11 is 0. The molecule has 1 saturated heterocycles. The molecule has 15 heavy (non-hydrogen) atoms. The van der Waals surface area contributed by atoms with Gasteiger partial charge in [-0.1, -0.05) is 0 Å². The molecule has 1 aliphatic heterocycles. The number of rotatable bonds is 3. The molecule has 5 nitrogen and oxygen atoms in total. The van der Waals surface area contributed by atoms with Crippen LogP contribution in [0.1, 0.15) is 18.2 Å². The van der Waals surface area contributed by atoms with Gasteiger partial charge in [-0.2, -0.15) is 5.10 Å². The number of aromatic nitrogens is 3. The molecule has 88 valence electrons. The van der Waals surface area contributed by atoms with E-state index in [2.05, 4.69) is 20.5 Å². The first-order valence-corrected chi connectivity index (χ1v) is 4.53. The first-order valence-electron chi connectivity index (χ1n) is 4.53. The molecule has 0 bridgehead atoms. The van der Waals surface area contributed by atoms with Gasteiger partial charge >= 0.3 is 0 Å². The molecule has 0 aliphatic carbocycles. The average Bonchev–Trinajstić information content (AvgIpc) is 2.71. The highest BCUT2D eigenvalue weighted by molar-refractivity contribution is 5.85. The third-order valence-corrected chi connectivity index (χ3v) is 2.40. The van der Waals surface area contributed by atoms with Crippen LogP contribution < -0.4 is 5.32 Å². The van der Waals surface area contributed by atoms with E-state index in [9.17, 15) is 0 Å². The molecule has 0 amide bonds. The fourth-order valence-electron chi connectivity index (χ4n) is 1.76. The quantitative estimate of drug-likeness (QED) is 0.836. The molecule has 2 rings (SSSR count). The Morgan fingerprint density at radius 1 is 1.60 bits per heavy atom. The summed E-state index contributed by atoms with van der Waals surface area (Å²) in [5.41, 5.74) is 0. The number of aromatic amines is 1. The van der Waals surface area contributed by atoms with Crippen molar-refractivity contribution in [3.8, 4) is 0 Å². The highest BCUT2D eigenvalue weighted by Crippen LogP contribution is 2.27. The Morgan fingerprint density at radius 2 is 2.40 bits per heavy atom. The monoisotopic (exact) mass is 254 g/mol. The number of nitrogens with zero attached hydrogens (tertiary/aromatic N) is 2. The van der Waals surface area contributed by atoms with Crippen LogP contribution >= 0.6 is 24.8 Å². The standard InChI is InChI=1S/C8H14N4O.2ClH/c1-9-4-7-6(2-3-13-7)8-10-5-11-12-8;;/h5-7,9H,2-4H2,1H3,(H,10,11,12);2*1H. The Balaban J connectivity index is 0.000000980. The van der Waals surface area contributed by atoms with Gasteiger partial charge in [0.25, 0.3) is 0 Å². The Bertz CT molecular complexity index is 257. The van der Waals surface area contributed by atoms with Gasteiger partial charge in [0.15, 0.2) is 0 Å². The third-order valence-electron chi connectivity index (χ3n) is 2.40. The SMILES string of the molecule is CNCC1OCCC1c1ncn[nH]1.Cl.Cl. The van der Waals surface area contributed by atoms with Crippen LogP contribution in [0.25, 0.3) is 0 Å². The van der Waals surface area contributed by atoms with E-state index in [0.717, 1.165) is 25.4 Å². The van der Waals surface area contributed by atoms with Crippen LogP contribution in [0.5, 0.6) is 0 Å². The van der Waals surface area contributed by atoms with Crippen LogP contribution in [0, 0.1) is 0 Å². The number of halogens is 2. The molecule has 1 fully saturated rings. The second-order valence-corrected chi connectivity index (χ2v) is 3.23. The summed E-state index contributed by atoms with van der Waals surface area (Å²) in [6.07, 6.45) is 2.81. The zero-order valence-corrected chi connectivity index (χ0v) is 10.1. The molecule has 2 unspecified atom stereocenters. The van der Waals surface area contributed by atoms with Gasteiger partial charge in [0, 0.05) is 19.1 Å². The van der Waals surface area contributed by atoms with Crippen molar-refractivity contribution >= 4 is 24.8 Å². The zero-order valence-electron chi connectivity index (χ0n) is 8.47. The molecular formula is C8H16Cl2N4O. The van der Waals surface area contributed by atoms with Crippen molar-refractivity contribution in [2.24, 2.45) is 0 Å². The van der Waals surface area contributed by atoms with Crippen LogP contribution in [0.4, 0.5) is 0 Å². The van der Waals surface area contributed by atoms with Gasteiger partial charge in [0.1, 0.15) is 12.2 Å². The molecule has 0 radical (unpaired) electrons. The minimum absolute atomic E-state index is 0. The van der Waals surface area contributed by atoms with E-state index >= 15 is 0 Å². The molecule has 2 N–H and O–H groups in total. The summed E-state index contributed by atoms with van der Waals surface area (Å²) in [5.74, 6) is 1.31. The molecule has 1 aromatic rings. The van der Waals surface area contributed by atoms with Crippen molar-refractivity contribution in [1.82, 2.24) is 20.5 Å². The number of ether oxygens (including phenoxy) is 1. The third kappa shape index (κ3) is 3.31. The second-order valence-electron chi connectivity index (χ2n) is 3.23. The molecule has 0 saturated carbocycles. The smallest absolute Gasteiger partial charge is 0.137 e. The highest BCUT2D eigenvalue weighted by Gasteiger charge is 2.30. The van der Waals surface area contributed by atoms with E-state index < -0.39 is 0 Å². The van der Waals surface area contributed by atoms with Crippen molar-refractivity contribution < 1.29 is 4.74 Å². The van der Waals surface area contributed by atoms with Crippen molar-refractivity contribution in [1.29, 1.82) is 0 Å². The number of likely N-dealkylation sites (N-methyl/N-ethyl adjacent to an activating group) is 1. The van der Waals surface area contributed by atoms with E-state index in [1.54, 1.807) is 6.33 Å². The van der Waals surface area contributed by atoms with Gasteiger partial charge in [0.2, 0.25) is 0 Å². The maximum absolute atomic E-state index is 5.58.